The summed E-state index contributed by atoms with van der Waals surface area (Å²) >= 11 is 3.33. The molecule has 0 saturated heterocycles. The lowest BCUT2D eigenvalue weighted by Gasteiger charge is -2.11. The molecule has 0 aliphatic rings. The molecule has 0 saturated carbocycles. The van der Waals surface area contributed by atoms with Gasteiger partial charge in [0.25, 0.3) is 0 Å². The van der Waals surface area contributed by atoms with E-state index in [1.165, 1.54) is 12.1 Å². The minimum absolute atomic E-state index is 0.246. The van der Waals surface area contributed by atoms with Crippen LogP contribution in [0.2, 0.25) is 0 Å². The topological polar surface area (TPSA) is 35.2 Å². The number of nitrogen functional groups attached to an aromatic ring is 1. The van der Waals surface area contributed by atoms with Gasteiger partial charge in [0.15, 0.2) is 0 Å². The second-order valence-electron chi connectivity index (χ2n) is 4.26. The number of alkyl halides is 3. The SMILES string of the molecule is Cc1cc(Br)c(N)cc1-c1ccc(OC(F)(F)F)cc1. The number of aryl methyl sites for hydroxylation is 1. The van der Waals surface area contributed by atoms with Crippen molar-refractivity contribution in [2.24, 2.45) is 0 Å². The summed E-state index contributed by atoms with van der Waals surface area (Å²) in [5.41, 5.74) is 9.00. The normalized spacial score (nSPS) is 11.4. The van der Waals surface area contributed by atoms with Crippen LogP contribution >= 0.6 is 15.9 Å². The van der Waals surface area contributed by atoms with Crippen LogP contribution in [0.3, 0.4) is 0 Å². The van der Waals surface area contributed by atoms with E-state index in [0.29, 0.717) is 5.69 Å². The first-order valence-electron chi connectivity index (χ1n) is 5.68. The maximum atomic E-state index is 12.1. The Labute approximate surface area is 122 Å². The third-order valence-corrected chi connectivity index (χ3v) is 3.43. The molecule has 106 valence electrons. The zero-order valence-electron chi connectivity index (χ0n) is 10.5. The van der Waals surface area contributed by atoms with Gasteiger partial charge in [0.2, 0.25) is 0 Å². The molecule has 0 radical (unpaired) electrons. The van der Waals surface area contributed by atoms with Crippen LogP contribution in [-0.4, -0.2) is 6.36 Å². The molecule has 20 heavy (non-hydrogen) atoms. The minimum atomic E-state index is -4.68. The van der Waals surface area contributed by atoms with Crippen LogP contribution in [0.25, 0.3) is 11.1 Å². The zero-order valence-corrected chi connectivity index (χ0v) is 12.0. The quantitative estimate of drug-likeness (QED) is 0.785. The van der Waals surface area contributed by atoms with E-state index in [0.717, 1.165) is 21.2 Å². The lowest BCUT2D eigenvalue weighted by Crippen LogP contribution is -2.16. The molecule has 2 aromatic rings. The Kier molecular flexibility index (Phi) is 3.94. The van der Waals surface area contributed by atoms with Crippen LogP contribution in [0, 0.1) is 6.92 Å². The predicted octanol–water partition coefficient (Wildman–Crippen LogP) is 4.91. The number of benzene rings is 2. The molecule has 0 fully saturated rings. The fourth-order valence-electron chi connectivity index (χ4n) is 1.84. The molecule has 2 aromatic carbocycles. The molecular formula is C14H11BrF3NO. The van der Waals surface area contributed by atoms with Crippen LogP contribution in [0.4, 0.5) is 18.9 Å². The molecule has 2 rings (SSSR count). The molecule has 0 heterocycles. The van der Waals surface area contributed by atoms with Gasteiger partial charge in [-0.2, -0.15) is 0 Å². The molecule has 0 aromatic heterocycles. The summed E-state index contributed by atoms with van der Waals surface area (Å²) in [4.78, 5) is 0. The fraction of sp³-hybridized carbons (Fsp3) is 0.143. The van der Waals surface area contributed by atoms with Crippen molar-refractivity contribution in [3.8, 4) is 16.9 Å². The van der Waals surface area contributed by atoms with Gasteiger partial charge in [0, 0.05) is 10.2 Å². The summed E-state index contributed by atoms with van der Waals surface area (Å²) in [6.07, 6.45) is -4.68. The average Bonchev–Trinajstić information content (AvgIpc) is 2.33. The first-order valence-corrected chi connectivity index (χ1v) is 6.47. The first kappa shape index (κ1) is 14.7. The summed E-state index contributed by atoms with van der Waals surface area (Å²) in [5.74, 6) is -0.246. The number of halogens is 4. The average molecular weight is 346 g/mol. The Morgan fingerprint density at radius 2 is 1.70 bits per heavy atom. The fourth-order valence-corrected chi connectivity index (χ4v) is 2.29. The zero-order chi connectivity index (χ0) is 14.9. The van der Waals surface area contributed by atoms with Crippen LogP contribution in [0.5, 0.6) is 5.75 Å². The molecule has 0 unspecified atom stereocenters. The summed E-state index contributed by atoms with van der Waals surface area (Å²) in [6.45, 7) is 1.90. The van der Waals surface area contributed by atoms with Crippen LogP contribution in [0.1, 0.15) is 5.56 Å². The van der Waals surface area contributed by atoms with E-state index in [2.05, 4.69) is 20.7 Å². The molecule has 2 N–H and O–H groups in total. The van der Waals surface area contributed by atoms with Crippen molar-refractivity contribution in [3.63, 3.8) is 0 Å². The molecular weight excluding hydrogens is 335 g/mol. The minimum Gasteiger partial charge on any atom is -0.406 e. The maximum Gasteiger partial charge on any atom is 0.573 e. The molecule has 0 bridgehead atoms. The van der Waals surface area contributed by atoms with Crippen LogP contribution < -0.4 is 10.5 Å². The number of hydrogen-bond acceptors (Lipinski definition) is 2. The van der Waals surface area contributed by atoms with E-state index in [1.54, 1.807) is 18.2 Å². The Hall–Kier alpha value is -1.69. The van der Waals surface area contributed by atoms with Gasteiger partial charge in [0.05, 0.1) is 0 Å². The van der Waals surface area contributed by atoms with E-state index >= 15 is 0 Å². The molecule has 0 amide bonds. The molecule has 0 spiro atoms. The van der Waals surface area contributed by atoms with Crippen molar-refractivity contribution >= 4 is 21.6 Å². The van der Waals surface area contributed by atoms with E-state index < -0.39 is 6.36 Å². The molecule has 0 aliphatic heterocycles. The smallest absolute Gasteiger partial charge is 0.406 e. The predicted molar refractivity (Wildman–Crippen MR) is 75.4 cm³/mol. The van der Waals surface area contributed by atoms with Crippen molar-refractivity contribution in [3.05, 3.63) is 46.4 Å². The highest BCUT2D eigenvalue weighted by Gasteiger charge is 2.30. The lowest BCUT2D eigenvalue weighted by atomic mass is 10.00. The highest BCUT2D eigenvalue weighted by molar-refractivity contribution is 9.10. The van der Waals surface area contributed by atoms with Gasteiger partial charge >= 0.3 is 6.36 Å². The van der Waals surface area contributed by atoms with E-state index in [1.807, 2.05) is 13.0 Å². The van der Waals surface area contributed by atoms with Gasteiger partial charge in [-0.3, -0.25) is 0 Å². The number of anilines is 1. The van der Waals surface area contributed by atoms with Gasteiger partial charge in [-0.15, -0.1) is 13.2 Å². The van der Waals surface area contributed by atoms with Crippen molar-refractivity contribution in [1.82, 2.24) is 0 Å². The number of rotatable bonds is 2. The second-order valence-corrected chi connectivity index (χ2v) is 5.12. The number of ether oxygens (including phenoxy) is 1. The molecule has 0 atom stereocenters. The van der Waals surface area contributed by atoms with Gasteiger partial charge in [-0.25, -0.2) is 0 Å². The third kappa shape index (κ3) is 3.45. The van der Waals surface area contributed by atoms with Crippen molar-refractivity contribution in [2.45, 2.75) is 13.3 Å². The molecule has 6 heteroatoms. The molecule has 2 nitrogen and oxygen atoms in total. The first-order chi connectivity index (χ1) is 9.26. The van der Waals surface area contributed by atoms with Crippen molar-refractivity contribution in [2.75, 3.05) is 5.73 Å². The third-order valence-electron chi connectivity index (χ3n) is 2.74. The highest BCUT2D eigenvalue weighted by atomic mass is 79.9. The summed E-state index contributed by atoms with van der Waals surface area (Å²) in [5, 5.41) is 0. The summed E-state index contributed by atoms with van der Waals surface area (Å²) in [6, 6.07) is 9.33. The largest absolute Gasteiger partial charge is 0.573 e. The summed E-state index contributed by atoms with van der Waals surface area (Å²) < 4.78 is 40.9. The van der Waals surface area contributed by atoms with Crippen molar-refractivity contribution < 1.29 is 17.9 Å². The maximum absolute atomic E-state index is 12.1. The second kappa shape index (κ2) is 5.36. The number of hydrogen-bond donors (Lipinski definition) is 1. The van der Waals surface area contributed by atoms with Gasteiger partial charge < -0.3 is 10.5 Å². The van der Waals surface area contributed by atoms with Gasteiger partial charge in [-0.05, 0) is 63.8 Å². The lowest BCUT2D eigenvalue weighted by molar-refractivity contribution is -0.274. The van der Waals surface area contributed by atoms with Gasteiger partial charge in [-0.1, -0.05) is 12.1 Å². The molecule has 0 aliphatic carbocycles. The van der Waals surface area contributed by atoms with Gasteiger partial charge in [0.1, 0.15) is 5.75 Å². The standard InChI is InChI=1S/C14H11BrF3NO/c1-8-6-12(15)13(19)7-11(8)9-2-4-10(5-3-9)20-14(16,17)18/h2-7H,19H2,1H3. The number of nitrogens with two attached hydrogens (primary N) is 1. The Morgan fingerprint density at radius 1 is 1.10 bits per heavy atom. The van der Waals surface area contributed by atoms with E-state index in [9.17, 15) is 13.2 Å². The summed E-state index contributed by atoms with van der Waals surface area (Å²) in [7, 11) is 0. The van der Waals surface area contributed by atoms with E-state index in [4.69, 9.17) is 5.73 Å². The monoisotopic (exact) mass is 345 g/mol. The Morgan fingerprint density at radius 3 is 2.25 bits per heavy atom. The van der Waals surface area contributed by atoms with Crippen LogP contribution in [-0.2, 0) is 0 Å². The highest BCUT2D eigenvalue weighted by Crippen LogP contribution is 2.32. The van der Waals surface area contributed by atoms with Crippen molar-refractivity contribution in [1.29, 1.82) is 0 Å². The Balaban J connectivity index is 2.33. The van der Waals surface area contributed by atoms with Crippen LogP contribution in [0.15, 0.2) is 40.9 Å². The Bertz CT molecular complexity index is 624. The van der Waals surface area contributed by atoms with E-state index in [-0.39, 0.29) is 5.75 Å².